The van der Waals surface area contributed by atoms with Crippen LogP contribution in [0.25, 0.3) is 6.08 Å². The van der Waals surface area contributed by atoms with Gasteiger partial charge in [-0.15, -0.1) is 6.42 Å². The highest BCUT2D eigenvalue weighted by Gasteiger charge is 1.98. The number of nitrogens with one attached hydrogen (secondary N) is 1. The molecule has 0 spiro atoms. The monoisotopic (exact) mass is 199 g/mol. The van der Waals surface area contributed by atoms with Crippen LogP contribution in [0.1, 0.15) is 12.5 Å². The van der Waals surface area contributed by atoms with Gasteiger partial charge in [0.25, 0.3) is 0 Å². The Bertz CT molecular complexity index is 387. The molecular formula is C13H13NO. The van der Waals surface area contributed by atoms with E-state index >= 15 is 0 Å². The van der Waals surface area contributed by atoms with Crippen LogP contribution in [0.3, 0.4) is 0 Å². The standard InChI is InChI=1S/C13H13NO/c1-3-11(2)14-13(15)10-9-12-7-5-4-6-8-12/h1,4-11H,2H3,(H,14,15)/b10-9+. The fourth-order valence-electron chi connectivity index (χ4n) is 1.04. The summed E-state index contributed by atoms with van der Waals surface area (Å²) in [6.07, 6.45) is 8.36. The van der Waals surface area contributed by atoms with E-state index in [1.165, 1.54) is 6.08 Å². The van der Waals surface area contributed by atoms with Crippen LogP contribution in [-0.4, -0.2) is 11.9 Å². The molecule has 1 rings (SSSR count). The van der Waals surface area contributed by atoms with Crippen LogP contribution in [0.5, 0.6) is 0 Å². The molecule has 0 fully saturated rings. The molecular weight excluding hydrogens is 186 g/mol. The summed E-state index contributed by atoms with van der Waals surface area (Å²) < 4.78 is 0. The number of carbonyl (C=O) groups is 1. The second-order valence-corrected chi connectivity index (χ2v) is 3.14. The van der Waals surface area contributed by atoms with E-state index in [0.29, 0.717) is 0 Å². The summed E-state index contributed by atoms with van der Waals surface area (Å²) >= 11 is 0. The van der Waals surface area contributed by atoms with Crippen molar-refractivity contribution in [1.29, 1.82) is 0 Å². The highest BCUT2D eigenvalue weighted by molar-refractivity contribution is 5.92. The second-order valence-electron chi connectivity index (χ2n) is 3.14. The lowest BCUT2D eigenvalue weighted by molar-refractivity contribution is -0.116. The molecule has 76 valence electrons. The summed E-state index contributed by atoms with van der Waals surface area (Å²) in [5, 5.41) is 2.64. The minimum Gasteiger partial charge on any atom is -0.339 e. The van der Waals surface area contributed by atoms with Crippen LogP contribution < -0.4 is 5.32 Å². The number of benzene rings is 1. The largest absolute Gasteiger partial charge is 0.339 e. The van der Waals surface area contributed by atoms with Gasteiger partial charge in [0.1, 0.15) is 0 Å². The zero-order valence-electron chi connectivity index (χ0n) is 8.60. The third-order valence-electron chi connectivity index (χ3n) is 1.84. The average Bonchev–Trinajstić information content (AvgIpc) is 2.27. The fraction of sp³-hybridized carbons (Fsp3) is 0.154. The van der Waals surface area contributed by atoms with Crippen molar-refractivity contribution in [2.24, 2.45) is 0 Å². The molecule has 0 aliphatic rings. The SMILES string of the molecule is C#CC(C)NC(=O)/C=C/c1ccccc1. The first kappa shape index (κ1) is 11.1. The van der Waals surface area contributed by atoms with E-state index < -0.39 is 0 Å². The van der Waals surface area contributed by atoms with Gasteiger partial charge in [-0.2, -0.15) is 0 Å². The Kier molecular flexibility index (Phi) is 4.18. The van der Waals surface area contributed by atoms with Gasteiger partial charge < -0.3 is 5.32 Å². The third-order valence-corrected chi connectivity index (χ3v) is 1.84. The van der Waals surface area contributed by atoms with Gasteiger partial charge in [-0.3, -0.25) is 4.79 Å². The van der Waals surface area contributed by atoms with Gasteiger partial charge in [0.05, 0.1) is 6.04 Å². The minimum absolute atomic E-state index is 0.177. The first-order valence-electron chi connectivity index (χ1n) is 4.72. The number of carbonyl (C=O) groups excluding carboxylic acids is 1. The van der Waals surface area contributed by atoms with E-state index in [-0.39, 0.29) is 11.9 Å². The van der Waals surface area contributed by atoms with Crippen molar-refractivity contribution in [2.75, 3.05) is 0 Å². The molecule has 0 heterocycles. The summed E-state index contributed by atoms with van der Waals surface area (Å²) in [6.45, 7) is 1.76. The summed E-state index contributed by atoms with van der Waals surface area (Å²) in [5.74, 6) is 2.25. The van der Waals surface area contributed by atoms with Gasteiger partial charge in [-0.05, 0) is 18.6 Å². The number of rotatable bonds is 3. The molecule has 0 bridgehead atoms. The maximum absolute atomic E-state index is 11.3. The molecule has 1 unspecified atom stereocenters. The lowest BCUT2D eigenvalue weighted by Gasteiger charge is -2.03. The van der Waals surface area contributed by atoms with Crippen LogP contribution in [0, 0.1) is 12.3 Å². The van der Waals surface area contributed by atoms with Crippen LogP contribution in [0.4, 0.5) is 0 Å². The van der Waals surface area contributed by atoms with Gasteiger partial charge in [-0.1, -0.05) is 36.3 Å². The van der Waals surface area contributed by atoms with Crippen LogP contribution in [0.15, 0.2) is 36.4 Å². The zero-order chi connectivity index (χ0) is 11.1. The van der Waals surface area contributed by atoms with E-state index in [2.05, 4.69) is 11.2 Å². The molecule has 1 aromatic carbocycles. The molecule has 15 heavy (non-hydrogen) atoms. The number of hydrogen-bond donors (Lipinski definition) is 1. The van der Waals surface area contributed by atoms with Crippen molar-refractivity contribution in [3.05, 3.63) is 42.0 Å². The third kappa shape index (κ3) is 4.15. The number of terminal acetylenes is 1. The van der Waals surface area contributed by atoms with E-state index in [4.69, 9.17) is 6.42 Å². The van der Waals surface area contributed by atoms with Gasteiger partial charge in [-0.25, -0.2) is 0 Å². The number of amides is 1. The van der Waals surface area contributed by atoms with Gasteiger partial charge in [0.2, 0.25) is 5.91 Å². The average molecular weight is 199 g/mol. The normalized spacial score (nSPS) is 12.0. The summed E-state index contributed by atoms with van der Waals surface area (Å²) in [6, 6.07) is 9.38. The molecule has 0 saturated carbocycles. The molecule has 1 atom stereocenters. The Hall–Kier alpha value is -2.01. The minimum atomic E-state index is -0.238. The molecule has 1 amide bonds. The van der Waals surface area contributed by atoms with Gasteiger partial charge in [0.15, 0.2) is 0 Å². The molecule has 0 saturated heterocycles. The van der Waals surface area contributed by atoms with Crippen molar-refractivity contribution < 1.29 is 4.79 Å². The molecule has 1 aromatic rings. The first-order valence-corrected chi connectivity index (χ1v) is 4.72. The van der Waals surface area contributed by atoms with Crippen molar-refractivity contribution >= 4 is 12.0 Å². The molecule has 1 N–H and O–H groups in total. The van der Waals surface area contributed by atoms with Crippen LogP contribution >= 0.6 is 0 Å². The Labute approximate surface area is 90.0 Å². The molecule has 0 aliphatic carbocycles. The van der Waals surface area contributed by atoms with Crippen molar-refractivity contribution in [3.63, 3.8) is 0 Å². The topological polar surface area (TPSA) is 29.1 Å². The predicted molar refractivity (Wildman–Crippen MR) is 61.9 cm³/mol. The lowest BCUT2D eigenvalue weighted by Crippen LogP contribution is -2.29. The van der Waals surface area contributed by atoms with Crippen molar-refractivity contribution in [1.82, 2.24) is 5.32 Å². The summed E-state index contributed by atoms with van der Waals surface area (Å²) in [4.78, 5) is 11.3. The van der Waals surface area contributed by atoms with Gasteiger partial charge in [0, 0.05) is 6.08 Å². The fourth-order valence-corrected chi connectivity index (χ4v) is 1.04. The van der Waals surface area contributed by atoms with Crippen LogP contribution in [-0.2, 0) is 4.79 Å². The summed E-state index contributed by atoms with van der Waals surface area (Å²) in [5.41, 5.74) is 0.987. The molecule has 0 aromatic heterocycles. The Morgan fingerprint density at radius 1 is 1.47 bits per heavy atom. The van der Waals surface area contributed by atoms with Crippen molar-refractivity contribution in [3.8, 4) is 12.3 Å². The van der Waals surface area contributed by atoms with Gasteiger partial charge >= 0.3 is 0 Å². The molecule has 2 heteroatoms. The highest BCUT2D eigenvalue weighted by atomic mass is 16.1. The van der Waals surface area contributed by atoms with Crippen molar-refractivity contribution in [2.45, 2.75) is 13.0 Å². The summed E-state index contributed by atoms with van der Waals surface area (Å²) in [7, 11) is 0. The maximum atomic E-state index is 11.3. The quantitative estimate of drug-likeness (QED) is 0.584. The van der Waals surface area contributed by atoms with Crippen LogP contribution in [0.2, 0.25) is 0 Å². The Morgan fingerprint density at radius 3 is 2.73 bits per heavy atom. The number of hydrogen-bond acceptors (Lipinski definition) is 1. The van der Waals surface area contributed by atoms with E-state index in [9.17, 15) is 4.79 Å². The van der Waals surface area contributed by atoms with E-state index in [0.717, 1.165) is 5.56 Å². The molecule has 0 aliphatic heterocycles. The Balaban J connectivity index is 2.53. The second kappa shape index (κ2) is 5.66. The smallest absolute Gasteiger partial charge is 0.244 e. The highest BCUT2D eigenvalue weighted by Crippen LogP contribution is 2.00. The first-order chi connectivity index (χ1) is 7.22. The van der Waals surface area contributed by atoms with E-state index in [1.54, 1.807) is 13.0 Å². The lowest BCUT2D eigenvalue weighted by atomic mass is 10.2. The Morgan fingerprint density at radius 2 is 2.13 bits per heavy atom. The predicted octanol–water partition coefficient (Wildman–Crippen LogP) is 1.84. The maximum Gasteiger partial charge on any atom is 0.244 e. The molecule has 0 radical (unpaired) electrons. The zero-order valence-corrected chi connectivity index (χ0v) is 8.60. The molecule has 2 nitrogen and oxygen atoms in total. The van der Waals surface area contributed by atoms with E-state index in [1.807, 2.05) is 30.3 Å².